The number of alkyl halides is 6. The van der Waals surface area contributed by atoms with Crippen LogP contribution in [-0.4, -0.2) is 17.9 Å². The second kappa shape index (κ2) is 8.25. The second-order valence-electron chi connectivity index (χ2n) is 9.16. The number of ketones is 1. The van der Waals surface area contributed by atoms with Crippen molar-refractivity contribution < 1.29 is 40.7 Å². The summed E-state index contributed by atoms with van der Waals surface area (Å²) in [7, 11) is 0. The maximum Gasteiger partial charge on any atom is 0.416 e. The molecule has 3 atom stereocenters. The minimum absolute atomic E-state index is 0.00293. The van der Waals surface area contributed by atoms with Crippen LogP contribution in [0.3, 0.4) is 0 Å². The summed E-state index contributed by atoms with van der Waals surface area (Å²) >= 11 is 0. The van der Waals surface area contributed by atoms with Crippen molar-refractivity contribution in [2.75, 3.05) is 4.90 Å². The summed E-state index contributed by atoms with van der Waals surface area (Å²) in [5, 5.41) is 0. The van der Waals surface area contributed by atoms with E-state index in [0.29, 0.717) is 24.1 Å². The van der Waals surface area contributed by atoms with E-state index < -0.39 is 41.3 Å². The van der Waals surface area contributed by atoms with Crippen LogP contribution in [-0.2, 0) is 33.1 Å². The summed E-state index contributed by atoms with van der Waals surface area (Å²) in [5.74, 6) is -1.10. The third-order valence-electron chi connectivity index (χ3n) is 6.84. The van der Waals surface area contributed by atoms with Crippen molar-refractivity contribution in [2.45, 2.75) is 44.3 Å². The molecule has 0 radical (unpaired) electrons. The molecule has 2 aliphatic carbocycles. The number of carbonyl (C=O) groups is 2. The number of anilines is 1. The zero-order valence-corrected chi connectivity index (χ0v) is 18.8. The molecule has 36 heavy (non-hydrogen) atoms. The van der Waals surface area contributed by atoms with Crippen molar-refractivity contribution in [1.82, 2.24) is 0 Å². The molecule has 0 unspecified atom stereocenters. The number of Topliss-reactive ketones (excluding diaryl/α,β-unsaturated/α-hetero) is 1. The molecular weight excluding hydrogens is 488 g/mol. The summed E-state index contributed by atoms with van der Waals surface area (Å²) in [6.07, 6.45) is -7.93. The van der Waals surface area contributed by atoms with E-state index in [2.05, 4.69) is 0 Å². The van der Waals surface area contributed by atoms with Gasteiger partial charge in [0.15, 0.2) is 12.0 Å². The lowest BCUT2D eigenvalue weighted by atomic mass is 9.93. The molecule has 0 N–H and O–H groups in total. The van der Waals surface area contributed by atoms with Crippen LogP contribution in [0.1, 0.15) is 41.5 Å². The Morgan fingerprint density at radius 2 is 1.58 bits per heavy atom. The highest BCUT2D eigenvalue weighted by molar-refractivity contribution is 6.08. The first-order valence-electron chi connectivity index (χ1n) is 11.1. The Morgan fingerprint density at radius 3 is 2.22 bits per heavy atom. The summed E-state index contributed by atoms with van der Waals surface area (Å²) in [6.45, 7) is 1.38. The van der Waals surface area contributed by atoms with Gasteiger partial charge in [-0.05, 0) is 54.7 Å². The van der Waals surface area contributed by atoms with Crippen molar-refractivity contribution in [3.8, 4) is 0 Å². The van der Waals surface area contributed by atoms with E-state index in [-0.39, 0.29) is 29.3 Å². The second-order valence-corrected chi connectivity index (χ2v) is 9.16. The first-order chi connectivity index (χ1) is 16.8. The molecule has 2 aromatic carbocycles. The first-order valence-corrected chi connectivity index (χ1v) is 11.1. The van der Waals surface area contributed by atoms with Crippen LogP contribution >= 0.6 is 0 Å². The van der Waals surface area contributed by atoms with Gasteiger partial charge in [-0.1, -0.05) is 24.3 Å². The lowest BCUT2D eigenvalue weighted by Crippen LogP contribution is -2.36. The van der Waals surface area contributed by atoms with Crippen LogP contribution in [0.4, 0.5) is 32.0 Å². The van der Waals surface area contributed by atoms with E-state index in [9.17, 15) is 35.9 Å². The summed E-state index contributed by atoms with van der Waals surface area (Å²) in [6, 6.07) is 8.62. The quantitative estimate of drug-likeness (QED) is 0.284. The zero-order valence-electron chi connectivity index (χ0n) is 18.8. The minimum atomic E-state index is -5.07. The molecule has 10 heteroatoms. The van der Waals surface area contributed by atoms with E-state index >= 15 is 0 Å². The van der Waals surface area contributed by atoms with Gasteiger partial charge in [-0.15, -0.1) is 0 Å². The maximum atomic E-state index is 13.4. The Balaban J connectivity index is 1.51. The predicted molar refractivity (Wildman–Crippen MR) is 117 cm³/mol. The van der Waals surface area contributed by atoms with E-state index in [4.69, 9.17) is 4.74 Å². The van der Waals surface area contributed by atoms with Gasteiger partial charge in [0.1, 0.15) is 0 Å². The summed E-state index contributed by atoms with van der Waals surface area (Å²) in [5.41, 5.74) is -1.14. The van der Waals surface area contributed by atoms with Gasteiger partial charge >= 0.3 is 12.4 Å². The Morgan fingerprint density at radius 1 is 0.944 bits per heavy atom. The number of benzene rings is 2. The van der Waals surface area contributed by atoms with Crippen LogP contribution in [0.5, 0.6) is 0 Å². The molecular formula is C26H19F6NO3. The van der Waals surface area contributed by atoms with E-state index in [1.165, 1.54) is 19.3 Å². The van der Waals surface area contributed by atoms with E-state index in [0.717, 1.165) is 22.4 Å². The maximum absolute atomic E-state index is 13.4. The minimum Gasteiger partial charge on any atom is -0.474 e. The smallest absolute Gasteiger partial charge is 0.416 e. The zero-order chi connectivity index (χ0) is 26.0. The number of fused-ring (bicyclic) bond motifs is 3. The average Bonchev–Trinajstić information content (AvgIpc) is 3.39. The normalized spacial score (nSPS) is 24.9. The van der Waals surface area contributed by atoms with Gasteiger partial charge in [0.05, 0.1) is 17.4 Å². The average molecular weight is 507 g/mol. The molecule has 1 heterocycles. The van der Waals surface area contributed by atoms with Crippen LogP contribution in [0.25, 0.3) is 0 Å². The largest absolute Gasteiger partial charge is 0.474 e. The van der Waals surface area contributed by atoms with Crippen LogP contribution in [0.15, 0.2) is 65.9 Å². The molecule has 4 nitrogen and oxygen atoms in total. The molecule has 0 bridgehead atoms. The molecule has 188 valence electrons. The number of ether oxygens (including phenoxy) is 1. The van der Waals surface area contributed by atoms with Crippen LogP contribution in [0.2, 0.25) is 0 Å². The molecule has 1 saturated carbocycles. The lowest BCUT2D eigenvalue weighted by molar-refractivity contribution is -0.143. The predicted octanol–water partition coefficient (Wildman–Crippen LogP) is 6.17. The third-order valence-corrected chi connectivity index (χ3v) is 6.84. The Labute approximate surface area is 201 Å². The van der Waals surface area contributed by atoms with Crippen molar-refractivity contribution in [3.05, 3.63) is 88.2 Å². The number of hydrogen-bond acceptors (Lipinski definition) is 3. The number of hydrogen-bond donors (Lipinski definition) is 0. The number of allylic oxidation sites excluding steroid dienone is 1. The van der Waals surface area contributed by atoms with Crippen molar-refractivity contribution in [3.63, 3.8) is 0 Å². The molecule has 1 amide bonds. The molecule has 1 aliphatic heterocycles. The number of nitrogens with zero attached hydrogens (tertiary/aromatic N) is 1. The fraction of sp³-hybridized carbons (Fsp3) is 0.308. The lowest BCUT2D eigenvalue weighted by Gasteiger charge is -2.26. The third kappa shape index (κ3) is 4.08. The van der Waals surface area contributed by atoms with Crippen molar-refractivity contribution >= 4 is 17.4 Å². The molecule has 0 aromatic heterocycles. The van der Waals surface area contributed by atoms with E-state index in [1.807, 2.05) is 24.3 Å². The molecule has 1 fully saturated rings. The molecule has 5 rings (SSSR count). The Hall–Kier alpha value is -3.56. The van der Waals surface area contributed by atoms with Crippen LogP contribution < -0.4 is 4.90 Å². The van der Waals surface area contributed by atoms with Gasteiger partial charge in [0, 0.05) is 29.2 Å². The van der Waals surface area contributed by atoms with Gasteiger partial charge in [0.25, 0.3) is 5.91 Å². The van der Waals surface area contributed by atoms with Gasteiger partial charge < -0.3 is 4.74 Å². The molecule has 0 spiro atoms. The van der Waals surface area contributed by atoms with Crippen molar-refractivity contribution in [2.24, 2.45) is 5.92 Å². The molecule has 2 aromatic rings. The summed E-state index contributed by atoms with van der Waals surface area (Å²) in [4.78, 5) is 26.2. The number of carbonyl (C=O) groups excluding carboxylic acids is 2. The van der Waals surface area contributed by atoms with Gasteiger partial charge in [0.2, 0.25) is 0 Å². The standard InChI is InChI=1S/C26H19F6NO3/c1-13-6-22(36-12-20-21(34)8-15-7-14-4-2-3-5-19(14)23(15)20)33(24(13)35)18-10-16(25(27,28)29)9-17(11-18)26(30,31)32/h2-6,9-12,15,22-23H,7-8H2,1H3/b20-12-/t15-,22+,23+/m0/s1. The number of amides is 1. The summed E-state index contributed by atoms with van der Waals surface area (Å²) < 4.78 is 86.0. The van der Waals surface area contributed by atoms with E-state index in [1.54, 1.807) is 0 Å². The fourth-order valence-corrected chi connectivity index (χ4v) is 5.21. The highest BCUT2D eigenvalue weighted by Gasteiger charge is 2.45. The van der Waals surface area contributed by atoms with Gasteiger partial charge in [-0.2, -0.15) is 26.3 Å². The monoisotopic (exact) mass is 507 g/mol. The highest BCUT2D eigenvalue weighted by Crippen LogP contribution is 2.50. The van der Waals surface area contributed by atoms with Crippen molar-refractivity contribution in [1.29, 1.82) is 0 Å². The SMILES string of the molecule is CC1=C[C@@H](O/C=C2/C(=O)C[C@@H]3Cc4ccccc4[C@H]23)N(c2cc(C(F)(F)F)cc(C(F)(F)F)c2)C1=O. The fourth-order valence-electron chi connectivity index (χ4n) is 5.21. The Bertz CT molecular complexity index is 1290. The van der Waals surface area contributed by atoms with Gasteiger partial charge in [-0.3, -0.25) is 14.5 Å². The molecule has 0 saturated heterocycles. The van der Waals surface area contributed by atoms with Crippen LogP contribution in [0, 0.1) is 5.92 Å². The highest BCUT2D eigenvalue weighted by atomic mass is 19.4. The van der Waals surface area contributed by atoms with Gasteiger partial charge in [-0.25, -0.2) is 0 Å². The Kier molecular flexibility index (Phi) is 5.53. The first kappa shape index (κ1) is 24.1. The number of rotatable bonds is 3. The topological polar surface area (TPSA) is 46.6 Å². The molecule has 3 aliphatic rings. The number of halogens is 6.